The molecule has 1 atom stereocenters. The average molecular weight is 565 g/mol. The lowest BCUT2D eigenvalue weighted by molar-refractivity contribution is 0.0764. The fraction of sp³-hybridized carbons (Fsp3) is 0.400. The number of sulfonamides is 1. The summed E-state index contributed by atoms with van der Waals surface area (Å²) in [6.45, 7) is 3.50. The number of amides is 1. The number of rotatable bonds is 5. The van der Waals surface area contributed by atoms with Crippen molar-refractivity contribution in [2.24, 2.45) is 5.41 Å². The SMILES string of the molecule is O=C(c1ccc2c(c1)[C@H](NS(=O)(=O)c1ccccc1Cl)CCC2)N1CCC2(CCN(c3ccncc3)CC2)C1. The Balaban J connectivity index is 1.16. The minimum atomic E-state index is -3.81. The van der Waals surface area contributed by atoms with E-state index in [1.807, 2.05) is 35.5 Å². The van der Waals surface area contributed by atoms with E-state index in [0.717, 1.165) is 69.4 Å². The number of benzene rings is 2. The third kappa shape index (κ3) is 5.30. The average Bonchev–Trinajstić information content (AvgIpc) is 3.37. The van der Waals surface area contributed by atoms with Crippen molar-refractivity contribution in [1.29, 1.82) is 0 Å². The third-order valence-corrected chi connectivity index (χ3v) is 10.7. The number of halogens is 1. The number of aromatic nitrogens is 1. The minimum absolute atomic E-state index is 0.0320. The smallest absolute Gasteiger partial charge is 0.253 e. The van der Waals surface area contributed by atoms with E-state index in [-0.39, 0.29) is 21.2 Å². The number of nitrogens with zero attached hydrogens (tertiary/aromatic N) is 3. The highest BCUT2D eigenvalue weighted by atomic mass is 35.5. The van der Waals surface area contributed by atoms with Gasteiger partial charge in [-0.25, -0.2) is 13.1 Å². The predicted molar refractivity (Wildman–Crippen MR) is 153 cm³/mol. The molecule has 0 unspecified atom stereocenters. The monoisotopic (exact) mass is 564 g/mol. The molecule has 0 radical (unpaired) electrons. The highest BCUT2D eigenvalue weighted by Crippen LogP contribution is 2.42. The molecule has 2 saturated heterocycles. The third-order valence-electron chi connectivity index (χ3n) is 8.71. The second-order valence-corrected chi connectivity index (χ2v) is 13.2. The summed E-state index contributed by atoms with van der Waals surface area (Å²) < 4.78 is 29.2. The van der Waals surface area contributed by atoms with Crippen molar-refractivity contribution in [2.75, 3.05) is 31.1 Å². The molecule has 1 amide bonds. The number of nitrogens with one attached hydrogen (secondary N) is 1. The van der Waals surface area contributed by atoms with Gasteiger partial charge in [-0.2, -0.15) is 0 Å². The van der Waals surface area contributed by atoms with Crippen LogP contribution in [0.4, 0.5) is 5.69 Å². The van der Waals surface area contributed by atoms with E-state index in [4.69, 9.17) is 11.6 Å². The van der Waals surface area contributed by atoms with Crippen molar-refractivity contribution in [3.8, 4) is 0 Å². The van der Waals surface area contributed by atoms with E-state index in [2.05, 4.69) is 26.7 Å². The molecule has 9 heteroatoms. The summed E-state index contributed by atoms with van der Waals surface area (Å²) in [7, 11) is -3.81. The lowest BCUT2D eigenvalue weighted by Crippen LogP contribution is -2.42. The number of carbonyl (C=O) groups is 1. The number of anilines is 1. The molecule has 1 aliphatic carbocycles. The quantitative estimate of drug-likeness (QED) is 0.459. The van der Waals surface area contributed by atoms with Crippen LogP contribution in [-0.4, -0.2) is 50.4 Å². The van der Waals surface area contributed by atoms with Gasteiger partial charge in [0, 0.05) is 55.9 Å². The van der Waals surface area contributed by atoms with Crippen LogP contribution in [0.15, 0.2) is 71.9 Å². The van der Waals surface area contributed by atoms with Gasteiger partial charge in [-0.3, -0.25) is 9.78 Å². The molecule has 3 heterocycles. The Labute approximate surface area is 235 Å². The van der Waals surface area contributed by atoms with E-state index in [9.17, 15) is 13.2 Å². The number of carbonyl (C=O) groups excluding carboxylic acids is 1. The van der Waals surface area contributed by atoms with E-state index in [1.165, 1.54) is 11.8 Å². The van der Waals surface area contributed by atoms with Crippen LogP contribution in [-0.2, 0) is 16.4 Å². The van der Waals surface area contributed by atoms with Gasteiger partial charge < -0.3 is 9.80 Å². The number of fused-ring (bicyclic) bond motifs is 1. The highest BCUT2D eigenvalue weighted by Gasteiger charge is 2.42. The number of likely N-dealkylation sites (tertiary alicyclic amines) is 1. The van der Waals surface area contributed by atoms with E-state index in [1.54, 1.807) is 18.2 Å². The molecule has 3 aliphatic rings. The Hall–Kier alpha value is -2.94. The summed E-state index contributed by atoms with van der Waals surface area (Å²) in [6, 6.07) is 16.0. The molecular weight excluding hydrogens is 532 g/mol. The first-order valence-electron chi connectivity index (χ1n) is 13.7. The minimum Gasteiger partial charge on any atom is -0.371 e. The van der Waals surface area contributed by atoms with Crippen molar-refractivity contribution in [2.45, 2.75) is 49.5 Å². The van der Waals surface area contributed by atoms with Gasteiger partial charge in [0.2, 0.25) is 10.0 Å². The highest BCUT2D eigenvalue weighted by molar-refractivity contribution is 7.89. The van der Waals surface area contributed by atoms with Crippen molar-refractivity contribution < 1.29 is 13.2 Å². The second-order valence-electron chi connectivity index (χ2n) is 11.1. The first-order valence-corrected chi connectivity index (χ1v) is 15.5. The van der Waals surface area contributed by atoms with Gasteiger partial charge in [0.1, 0.15) is 4.90 Å². The van der Waals surface area contributed by atoms with Gasteiger partial charge in [0.15, 0.2) is 0 Å². The topological polar surface area (TPSA) is 82.6 Å². The maximum absolute atomic E-state index is 13.7. The molecule has 7 nitrogen and oxygen atoms in total. The predicted octanol–water partition coefficient (Wildman–Crippen LogP) is 5.22. The van der Waals surface area contributed by atoms with E-state index in [0.29, 0.717) is 12.0 Å². The molecule has 1 aromatic heterocycles. The lowest BCUT2D eigenvalue weighted by Gasteiger charge is -2.40. The number of hydrogen-bond acceptors (Lipinski definition) is 5. The Kier molecular flexibility index (Phi) is 7.12. The molecule has 0 saturated carbocycles. The molecule has 2 aliphatic heterocycles. The summed E-state index contributed by atoms with van der Waals surface area (Å²) in [5.41, 5.74) is 3.98. The van der Waals surface area contributed by atoms with Gasteiger partial charge >= 0.3 is 0 Å². The molecule has 204 valence electrons. The zero-order chi connectivity index (χ0) is 27.0. The number of pyridine rings is 1. The summed E-state index contributed by atoms with van der Waals surface area (Å²) >= 11 is 6.19. The number of hydrogen-bond donors (Lipinski definition) is 1. The molecule has 2 fully saturated rings. The maximum Gasteiger partial charge on any atom is 0.253 e. The largest absolute Gasteiger partial charge is 0.371 e. The van der Waals surface area contributed by atoms with Crippen molar-refractivity contribution in [1.82, 2.24) is 14.6 Å². The molecular formula is C30H33ClN4O3S. The van der Waals surface area contributed by atoms with E-state index >= 15 is 0 Å². The molecule has 39 heavy (non-hydrogen) atoms. The summed E-state index contributed by atoms with van der Waals surface area (Å²) in [5.74, 6) is 0.0320. The molecule has 2 aromatic carbocycles. The standard InChI is InChI=1S/C30H33ClN4O3S/c31-26-5-1-2-7-28(26)39(37,38)33-27-6-3-4-22-8-9-23(20-25(22)27)29(36)35-19-14-30(21-35)12-17-34(18-13-30)24-10-15-32-16-11-24/h1-2,5,7-11,15-16,20,27,33H,3-4,6,12-14,17-19,21H2/t27-/m1/s1. The Bertz CT molecular complexity index is 1470. The van der Waals surface area contributed by atoms with Crippen LogP contribution in [0.3, 0.4) is 0 Å². The zero-order valence-corrected chi connectivity index (χ0v) is 23.4. The van der Waals surface area contributed by atoms with Crippen molar-refractivity contribution in [3.63, 3.8) is 0 Å². The van der Waals surface area contributed by atoms with Crippen LogP contribution in [0.1, 0.15) is 59.6 Å². The normalized spacial score (nSPS) is 20.7. The Morgan fingerprint density at radius 1 is 1.00 bits per heavy atom. The zero-order valence-electron chi connectivity index (χ0n) is 21.9. The fourth-order valence-corrected chi connectivity index (χ4v) is 8.23. The van der Waals surface area contributed by atoms with Gasteiger partial charge in [-0.05, 0) is 91.5 Å². The summed E-state index contributed by atoms with van der Waals surface area (Å²) in [5, 5.41) is 0.194. The molecule has 1 spiro atoms. The number of piperidine rings is 1. The lowest BCUT2D eigenvalue weighted by atomic mass is 9.77. The van der Waals surface area contributed by atoms with Crippen LogP contribution in [0.5, 0.6) is 0 Å². The first-order chi connectivity index (χ1) is 18.8. The maximum atomic E-state index is 13.7. The first kappa shape index (κ1) is 26.3. The second kappa shape index (κ2) is 10.6. The van der Waals surface area contributed by atoms with Crippen LogP contribution in [0, 0.1) is 5.41 Å². The van der Waals surface area contributed by atoms with Gasteiger partial charge in [0.25, 0.3) is 5.91 Å². The van der Waals surface area contributed by atoms with Crippen LogP contribution < -0.4 is 9.62 Å². The van der Waals surface area contributed by atoms with Gasteiger partial charge in [-0.15, -0.1) is 0 Å². The number of aryl methyl sites for hydroxylation is 1. The van der Waals surface area contributed by atoms with Gasteiger partial charge in [0.05, 0.1) is 5.02 Å². The molecule has 1 N–H and O–H groups in total. The Morgan fingerprint density at radius 2 is 1.74 bits per heavy atom. The molecule has 3 aromatic rings. The summed E-state index contributed by atoms with van der Waals surface area (Å²) in [6.07, 6.45) is 9.24. The molecule has 0 bridgehead atoms. The molecule has 6 rings (SSSR count). The van der Waals surface area contributed by atoms with E-state index < -0.39 is 16.1 Å². The van der Waals surface area contributed by atoms with Crippen LogP contribution in [0.25, 0.3) is 0 Å². The van der Waals surface area contributed by atoms with Crippen molar-refractivity contribution >= 4 is 33.2 Å². The fourth-order valence-electron chi connectivity index (χ4n) is 6.46. The summed E-state index contributed by atoms with van der Waals surface area (Å²) in [4.78, 5) is 22.3. The van der Waals surface area contributed by atoms with Crippen LogP contribution in [0.2, 0.25) is 5.02 Å². The van der Waals surface area contributed by atoms with Crippen molar-refractivity contribution in [3.05, 3.63) is 88.7 Å². The van der Waals surface area contributed by atoms with Gasteiger partial charge in [-0.1, -0.05) is 29.8 Å². The van der Waals surface area contributed by atoms with Crippen LogP contribution >= 0.6 is 11.6 Å². The Morgan fingerprint density at radius 3 is 2.51 bits per heavy atom.